The Bertz CT molecular complexity index is 537. The maximum absolute atomic E-state index is 6.39. The molecule has 0 bridgehead atoms. The van der Waals surface area contributed by atoms with Crippen molar-refractivity contribution in [3.8, 4) is 0 Å². The summed E-state index contributed by atoms with van der Waals surface area (Å²) < 4.78 is 1.06. The van der Waals surface area contributed by atoms with Crippen LogP contribution in [0.2, 0.25) is 10.0 Å². The maximum atomic E-state index is 6.39. The zero-order valence-electron chi connectivity index (χ0n) is 9.34. The quantitative estimate of drug-likeness (QED) is 0.562. The molecule has 2 rings (SSSR count). The van der Waals surface area contributed by atoms with Gasteiger partial charge in [-0.25, -0.2) is 0 Å². The molecule has 18 heavy (non-hydrogen) atoms. The highest BCUT2D eigenvalue weighted by molar-refractivity contribution is 9.10. The Labute approximate surface area is 130 Å². The van der Waals surface area contributed by atoms with Crippen molar-refractivity contribution in [1.29, 1.82) is 0 Å². The summed E-state index contributed by atoms with van der Waals surface area (Å²) >= 11 is 21.7. The molecule has 0 radical (unpaired) electrons. The van der Waals surface area contributed by atoms with Crippen molar-refractivity contribution in [2.75, 3.05) is 0 Å². The minimum Gasteiger partial charge on any atom is -0.117 e. The van der Waals surface area contributed by atoms with E-state index in [2.05, 4.69) is 28.1 Å². The Hall–Kier alpha value is -0.210. The maximum Gasteiger partial charge on any atom is 0.0626 e. The van der Waals surface area contributed by atoms with Gasteiger partial charge in [0, 0.05) is 4.47 Å². The highest BCUT2D eigenvalue weighted by atomic mass is 79.9. The SMILES string of the molecule is Clc1ccc(C(Cl)Cc2ccc(Br)cc2)cc1Cl. The molecule has 0 nitrogen and oxygen atoms in total. The molecule has 4 heteroatoms. The van der Waals surface area contributed by atoms with E-state index >= 15 is 0 Å². The third-order valence-corrected chi connectivity index (χ3v) is 4.31. The van der Waals surface area contributed by atoms with Crippen LogP contribution >= 0.6 is 50.7 Å². The van der Waals surface area contributed by atoms with Crippen LogP contribution in [0, 0.1) is 0 Å². The zero-order chi connectivity index (χ0) is 13.1. The second-order valence-corrected chi connectivity index (χ2v) is 6.23. The number of hydrogen-bond donors (Lipinski definition) is 0. The van der Waals surface area contributed by atoms with Gasteiger partial charge in [-0.3, -0.25) is 0 Å². The second kappa shape index (κ2) is 6.29. The molecule has 0 spiro atoms. The lowest BCUT2D eigenvalue weighted by atomic mass is 10.0. The van der Waals surface area contributed by atoms with Gasteiger partial charge in [-0.05, 0) is 41.8 Å². The van der Waals surface area contributed by atoms with E-state index in [0.717, 1.165) is 16.5 Å². The van der Waals surface area contributed by atoms with Crippen LogP contribution in [-0.4, -0.2) is 0 Å². The molecule has 0 heterocycles. The number of alkyl halides is 1. The molecule has 0 aliphatic rings. The van der Waals surface area contributed by atoms with Crippen LogP contribution in [0.25, 0.3) is 0 Å². The van der Waals surface area contributed by atoms with Gasteiger partial charge in [0.1, 0.15) is 0 Å². The fourth-order valence-electron chi connectivity index (χ4n) is 1.65. The van der Waals surface area contributed by atoms with Gasteiger partial charge in [0.05, 0.1) is 15.4 Å². The van der Waals surface area contributed by atoms with E-state index < -0.39 is 0 Å². The fraction of sp³-hybridized carbons (Fsp3) is 0.143. The highest BCUT2D eigenvalue weighted by Crippen LogP contribution is 2.30. The van der Waals surface area contributed by atoms with Gasteiger partial charge in [-0.2, -0.15) is 0 Å². The zero-order valence-corrected chi connectivity index (χ0v) is 13.2. The Morgan fingerprint density at radius 1 is 0.944 bits per heavy atom. The summed E-state index contributed by atoms with van der Waals surface area (Å²) in [4.78, 5) is 0. The van der Waals surface area contributed by atoms with Crippen molar-refractivity contribution >= 4 is 50.7 Å². The van der Waals surface area contributed by atoms with E-state index in [-0.39, 0.29) is 5.38 Å². The van der Waals surface area contributed by atoms with Crippen LogP contribution in [0.3, 0.4) is 0 Å². The summed E-state index contributed by atoms with van der Waals surface area (Å²) in [5, 5.41) is 0.976. The monoisotopic (exact) mass is 362 g/mol. The molecule has 0 aliphatic carbocycles. The summed E-state index contributed by atoms with van der Waals surface area (Å²) in [6.45, 7) is 0. The minimum absolute atomic E-state index is 0.110. The summed E-state index contributed by atoms with van der Waals surface area (Å²) in [6.07, 6.45) is 0.757. The normalized spacial score (nSPS) is 12.4. The fourth-order valence-corrected chi connectivity index (χ4v) is 2.54. The van der Waals surface area contributed by atoms with Gasteiger partial charge in [-0.1, -0.05) is 57.3 Å². The van der Waals surface area contributed by atoms with E-state index in [4.69, 9.17) is 34.8 Å². The smallest absolute Gasteiger partial charge is 0.0626 e. The van der Waals surface area contributed by atoms with Crippen molar-refractivity contribution in [2.45, 2.75) is 11.8 Å². The molecule has 94 valence electrons. The lowest BCUT2D eigenvalue weighted by molar-refractivity contribution is 0.920. The summed E-state index contributed by atoms with van der Waals surface area (Å²) in [5.41, 5.74) is 2.17. The number of rotatable bonds is 3. The molecular formula is C14H10BrCl3. The Kier molecular flexibility index (Phi) is 4.97. The topological polar surface area (TPSA) is 0 Å². The van der Waals surface area contributed by atoms with E-state index in [1.165, 1.54) is 5.56 Å². The number of hydrogen-bond acceptors (Lipinski definition) is 0. The van der Waals surface area contributed by atoms with Crippen LogP contribution in [0.4, 0.5) is 0 Å². The average molecular weight is 364 g/mol. The second-order valence-electron chi connectivity index (χ2n) is 3.97. The van der Waals surface area contributed by atoms with Crippen molar-refractivity contribution < 1.29 is 0 Å². The molecule has 2 aromatic rings. The molecule has 1 unspecified atom stereocenters. The Morgan fingerprint density at radius 3 is 2.22 bits per heavy atom. The van der Waals surface area contributed by atoms with E-state index in [1.807, 2.05) is 24.3 Å². The van der Waals surface area contributed by atoms with E-state index in [9.17, 15) is 0 Å². The summed E-state index contributed by atoms with van der Waals surface area (Å²) in [7, 11) is 0. The summed E-state index contributed by atoms with van der Waals surface area (Å²) in [6, 6.07) is 13.6. The van der Waals surface area contributed by atoms with Crippen molar-refractivity contribution in [1.82, 2.24) is 0 Å². The Morgan fingerprint density at radius 2 is 1.61 bits per heavy atom. The Balaban J connectivity index is 2.13. The van der Waals surface area contributed by atoms with Crippen molar-refractivity contribution in [3.05, 3.63) is 68.1 Å². The van der Waals surface area contributed by atoms with E-state index in [1.54, 1.807) is 6.07 Å². The minimum atomic E-state index is -0.110. The van der Waals surface area contributed by atoms with Gasteiger partial charge in [-0.15, -0.1) is 11.6 Å². The number of benzene rings is 2. The molecule has 0 aromatic heterocycles. The molecule has 0 saturated heterocycles. The standard InChI is InChI=1S/C14H10BrCl3/c15-11-4-1-9(2-5-11)7-13(17)10-3-6-12(16)14(18)8-10/h1-6,8,13H,7H2. The van der Waals surface area contributed by atoms with Crippen LogP contribution < -0.4 is 0 Å². The first kappa shape index (κ1) is 14.2. The third kappa shape index (κ3) is 3.64. The lowest BCUT2D eigenvalue weighted by Gasteiger charge is -2.11. The van der Waals surface area contributed by atoms with Crippen LogP contribution in [0.5, 0.6) is 0 Å². The predicted octanol–water partition coefficient (Wildman–Crippen LogP) is 6.28. The number of halogens is 4. The molecule has 1 atom stereocenters. The van der Waals surface area contributed by atoms with Crippen LogP contribution in [0.1, 0.15) is 16.5 Å². The van der Waals surface area contributed by atoms with Crippen molar-refractivity contribution in [3.63, 3.8) is 0 Å². The van der Waals surface area contributed by atoms with Gasteiger partial charge in [0.15, 0.2) is 0 Å². The molecule has 2 aromatic carbocycles. The lowest BCUT2D eigenvalue weighted by Crippen LogP contribution is -1.96. The average Bonchev–Trinajstić information content (AvgIpc) is 2.35. The summed E-state index contributed by atoms with van der Waals surface area (Å²) in [5.74, 6) is 0. The third-order valence-electron chi connectivity index (χ3n) is 2.63. The predicted molar refractivity (Wildman–Crippen MR) is 82.9 cm³/mol. The van der Waals surface area contributed by atoms with E-state index in [0.29, 0.717) is 10.0 Å². The van der Waals surface area contributed by atoms with Gasteiger partial charge >= 0.3 is 0 Å². The molecule has 0 amide bonds. The van der Waals surface area contributed by atoms with Gasteiger partial charge in [0.25, 0.3) is 0 Å². The largest absolute Gasteiger partial charge is 0.117 e. The molecule has 0 N–H and O–H groups in total. The highest BCUT2D eigenvalue weighted by Gasteiger charge is 2.10. The van der Waals surface area contributed by atoms with Crippen LogP contribution in [-0.2, 0) is 6.42 Å². The van der Waals surface area contributed by atoms with Crippen molar-refractivity contribution in [2.24, 2.45) is 0 Å². The molecular weight excluding hydrogens is 354 g/mol. The molecule has 0 aliphatic heterocycles. The molecule has 0 fully saturated rings. The first-order valence-electron chi connectivity index (χ1n) is 5.40. The van der Waals surface area contributed by atoms with Gasteiger partial charge < -0.3 is 0 Å². The molecule has 0 saturated carbocycles. The van der Waals surface area contributed by atoms with Crippen LogP contribution in [0.15, 0.2) is 46.9 Å². The first-order valence-corrected chi connectivity index (χ1v) is 7.38. The first-order chi connectivity index (χ1) is 8.56. The van der Waals surface area contributed by atoms with Gasteiger partial charge in [0.2, 0.25) is 0 Å².